The fourth-order valence-electron chi connectivity index (χ4n) is 3.61. The van der Waals surface area contributed by atoms with Crippen LogP contribution >= 0.6 is 0 Å². The lowest BCUT2D eigenvalue weighted by atomic mass is 10.1. The lowest BCUT2D eigenvalue weighted by Crippen LogP contribution is -1.97. The van der Waals surface area contributed by atoms with E-state index in [1.807, 2.05) is 84.9 Å². The average molecular weight is 428 g/mol. The Morgan fingerprint density at radius 2 is 1.00 bits per heavy atom. The molecular formula is C28H21N5. The molecule has 0 fully saturated rings. The topological polar surface area (TPSA) is 64.5 Å². The Morgan fingerprint density at radius 1 is 0.545 bits per heavy atom. The number of aryl methyl sites for hydroxylation is 1. The summed E-state index contributed by atoms with van der Waals surface area (Å²) in [5.74, 6) is 0. The summed E-state index contributed by atoms with van der Waals surface area (Å²) < 4.78 is 0. The monoisotopic (exact) mass is 427 g/mol. The predicted molar refractivity (Wildman–Crippen MR) is 132 cm³/mol. The molecule has 0 radical (unpaired) electrons. The molecule has 33 heavy (non-hydrogen) atoms. The van der Waals surface area contributed by atoms with Crippen LogP contribution in [-0.4, -0.2) is 24.9 Å². The van der Waals surface area contributed by atoms with Crippen LogP contribution in [0.5, 0.6) is 0 Å². The van der Waals surface area contributed by atoms with Crippen molar-refractivity contribution in [2.45, 2.75) is 6.92 Å². The Labute approximate surface area is 192 Å². The van der Waals surface area contributed by atoms with E-state index in [4.69, 9.17) is 15.0 Å². The molecule has 5 rings (SSSR count). The molecule has 0 saturated heterocycles. The molecule has 0 amide bonds. The van der Waals surface area contributed by atoms with Crippen LogP contribution in [0.15, 0.2) is 97.8 Å². The zero-order valence-corrected chi connectivity index (χ0v) is 18.2. The Kier molecular flexibility index (Phi) is 5.52. The van der Waals surface area contributed by atoms with E-state index in [1.54, 1.807) is 12.4 Å². The van der Waals surface area contributed by atoms with Crippen LogP contribution in [0.1, 0.15) is 11.1 Å². The van der Waals surface area contributed by atoms with E-state index >= 15 is 0 Å². The van der Waals surface area contributed by atoms with Gasteiger partial charge in [-0.3, -0.25) is 9.97 Å². The van der Waals surface area contributed by atoms with Gasteiger partial charge in [0.2, 0.25) is 0 Å². The van der Waals surface area contributed by atoms with Gasteiger partial charge in [-0.05, 0) is 78.7 Å². The highest BCUT2D eigenvalue weighted by Crippen LogP contribution is 2.27. The van der Waals surface area contributed by atoms with Gasteiger partial charge in [0.1, 0.15) is 0 Å². The van der Waals surface area contributed by atoms with Gasteiger partial charge < -0.3 is 0 Å². The fraction of sp³-hybridized carbons (Fsp3) is 0.0357. The molecule has 5 aromatic rings. The first kappa shape index (κ1) is 20.4. The van der Waals surface area contributed by atoms with Crippen LogP contribution in [0.3, 0.4) is 0 Å². The minimum atomic E-state index is 0.757. The van der Waals surface area contributed by atoms with Crippen LogP contribution in [0.25, 0.3) is 51.6 Å². The summed E-state index contributed by atoms with van der Waals surface area (Å²) in [4.78, 5) is 23.5. The predicted octanol–water partition coefficient (Wildman–Crippen LogP) is 6.28. The third-order valence-electron chi connectivity index (χ3n) is 5.18. The van der Waals surface area contributed by atoms with E-state index < -0.39 is 0 Å². The molecule has 0 aromatic carbocycles. The molecule has 0 aliphatic heterocycles. The summed E-state index contributed by atoms with van der Waals surface area (Å²) in [5, 5.41) is 0. The van der Waals surface area contributed by atoms with E-state index in [2.05, 4.69) is 23.5 Å². The van der Waals surface area contributed by atoms with Crippen molar-refractivity contribution in [3.63, 3.8) is 0 Å². The summed E-state index contributed by atoms with van der Waals surface area (Å²) in [5.41, 5.74) is 8.38. The second kappa shape index (κ2) is 8.93. The van der Waals surface area contributed by atoms with Crippen molar-refractivity contribution in [1.29, 1.82) is 0 Å². The summed E-state index contributed by atoms with van der Waals surface area (Å²) in [6.07, 6.45) is 5.34. The van der Waals surface area contributed by atoms with Crippen molar-refractivity contribution in [2.75, 3.05) is 0 Å². The highest BCUT2D eigenvalue weighted by atomic mass is 14.8. The first-order chi connectivity index (χ1) is 16.2. The fourth-order valence-corrected chi connectivity index (χ4v) is 3.61. The molecule has 0 atom stereocenters. The Hall–Kier alpha value is -4.51. The van der Waals surface area contributed by atoms with Crippen LogP contribution in [0, 0.1) is 6.92 Å². The highest BCUT2D eigenvalue weighted by Gasteiger charge is 2.11. The van der Waals surface area contributed by atoms with Gasteiger partial charge in [-0.25, -0.2) is 15.0 Å². The lowest BCUT2D eigenvalue weighted by molar-refractivity contribution is 1.19. The van der Waals surface area contributed by atoms with Gasteiger partial charge in [0.05, 0.1) is 45.6 Å². The third-order valence-corrected chi connectivity index (χ3v) is 5.18. The number of aromatic nitrogens is 5. The second-order valence-corrected chi connectivity index (χ2v) is 7.63. The van der Waals surface area contributed by atoms with E-state index in [0.717, 1.165) is 56.7 Å². The van der Waals surface area contributed by atoms with Crippen molar-refractivity contribution in [3.05, 3.63) is 109 Å². The molecule has 158 valence electrons. The van der Waals surface area contributed by atoms with E-state index in [-0.39, 0.29) is 0 Å². The van der Waals surface area contributed by atoms with Gasteiger partial charge in [-0.2, -0.15) is 0 Å². The van der Waals surface area contributed by atoms with Gasteiger partial charge in [0, 0.05) is 12.4 Å². The summed E-state index contributed by atoms with van der Waals surface area (Å²) in [6, 6.07) is 25.5. The Morgan fingerprint density at radius 3 is 1.52 bits per heavy atom. The second-order valence-electron chi connectivity index (χ2n) is 7.63. The van der Waals surface area contributed by atoms with Crippen molar-refractivity contribution in [3.8, 4) is 45.6 Å². The first-order valence-electron chi connectivity index (χ1n) is 10.6. The van der Waals surface area contributed by atoms with E-state index in [9.17, 15) is 0 Å². The molecule has 5 heteroatoms. The minimum Gasteiger partial charge on any atom is -0.255 e. The number of pyridine rings is 5. The largest absolute Gasteiger partial charge is 0.255 e. The third kappa shape index (κ3) is 4.43. The van der Waals surface area contributed by atoms with Gasteiger partial charge in [-0.15, -0.1) is 0 Å². The van der Waals surface area contributed by atoms with Crippen molar-refractivity contribution in [1.82, 2.24) is 24.9 Å². The average Bonchev–Trinajstić information content (AvgIpc) is 2.89. The molecule has 0 saturated carbocycles. The van der Waals surface area contributed by atoms with Gasteiger partial charge in [-0.1, -0.05) is 30.9 Å². The molecule has 0 N–H and O–H groups in total. The summed E-state index contributed by atoms with van der Waals surface area (Å²) in [6.45, 7) is 5.98. The smallest absolute Gasteiger partial charge is 0.0900 e. The Balaban J connectivity index is 1.59. The van der Waals surface area contributed by atoms with E-state index in [1.165, 1.54) is 0 Å². The minimum absolute atomic E-state index is 0.757. The quantitative estimate of drug-likeness (QED) is 0.330. The normalized spacial score (nSPS) is 10.7. The van der Waals surface area contributed by atoms with Gasteiger partial charge >= 0.3 is 0 Å². The molecule has 0 bridgehead atoms. The summed E-state index contributed by atoms with van der Waals surface area (Å²) >= 11 is 0. The summed E-state index contributed by atoms with van der Waals surface area (Å²) in [7, 11) is 0. The van der Waals surface area contributed by atoms with Crippen molar-refractivity contribution < 1.29 is 0 Å². The molecule has 5 aromatic heterocycles. The van der Waals surface area contributed by atoms with Crippen LogP contribution < -0.4 is 0 Å². The molecule has 5 heterocycles. The van der Waals surface area contributed by atoms with Crippen LogP contribution in [0.2, 0.25) is 0 Å². The van der Waals surface area contributed by atoms with Crippen LogP contribution in [0.4, 0.5) is 0 Å². The maximum Gasteiger partial charge on any atom is 0.0900 e. The van der Waals surface area contributed by atoms with Crippen LogP contribution in [-0.2, 0) is 0 Å². The van der Waals surface area contributed by atoms with Gasteiger partial charge in [0.25, 0.3) is 0 Å². The lowest BCUT2D eigenvalue weighted by Gasteiger charge is -2.09. The SMILES string of the molecule is C=Cc1cc(-c2ccccn2)nc(-c2cccc(-c3cc(C)cc(-c4ccccn4)n3)n2)c1. The molecular weight excluding hydrogens is 406 g/mol. The maximum atomic E-state index is 4.90. The van der Waals surface area contributed by atoms with Crippen molar-refractivity contribution >= 4 is 6.08 Å². The molecule has 0 spiro atoms. The van der Waals surface area contributed by atoms with E-state index in [0.29, 0.717) is 0 Å². The number of nitrogens with zero attached hydrogens (tertiary/aromatic N) is 5. The highest BCUT2D eigenvalue weighted by molar-refractivity contribution is 5.70. The molecule has 5 nitrogen and oxygen atoms in total. The number of hydrogen-bond donors (Lipinski definition) is 0. The molecule has 0 unspecified atom stereocenters. The number of rotatable bonds is 5. The standard InChI is InChI=1S/C28H21N5/c1-3-20-17-27(22-10-5-7-14-30-22)33-28(18-20)24-12-8-11-23(31-24)26-16-19(2)15-25(32-26)21-9-4-6-13-29-21/h3-18H,1H2,2H3. The zero-order valence-electron chi connectivity index (χ0n) is 18.2. The zero-order chi connectivity index (χ0) is 22.6. The maximum absolute atomic E-state index is 4.90. The molecule has 0 aliphatic carbocycles. The first-order valence-corrected chi connectivity index (χ1v) is 10.6. The van der Waals surface area contributed by atoms with Gasteiger partial charge in [0.15, 0.2) is 0 Å². The number of hydrogen-bond acceptors (Lipinski definition) is 5. The molecule has 0 aliphatic rings. The van der Waals surface area contributed by atoms with Crippen molar-refractivity contribution in [2.24, 2.45) is 0 Å². The Bertz CT molecular complexity index is 1430.